The summed E-state index contributed by atoms with van der Waals surface area (Å²) in [5.41, 5.74) is 4.03. The number of carbonyl (C=O) groups excluding carboxylic acids is 1. The van der Waals surface area contributed by atoms with Crippen molar-refractivity contribution in [2.75, 3.05) is 7.11 Å². The Bertz CT molecular complexity index is 836. The third-order valence-electron chi connectivity index (χ3n) is 4.28. The molecule has 5 nitrogen and oxygen atoms in total. The molecule has 0 radical (unpaired) electrons. The number of pyridine rings is 1. The summed E-state index contributed by atoms with van der Waals surface area (Å²) in [6, 6.07) is 5.66. The first kappa shape index (κ1) is 16.6. The molecule has 0 bridgehead atoms. The monoisotopic (exact) mass is 342 g/mol. The number of nitriles is 1. The Morgan fingerprint density at radius 2 is 2.25 bits per heavy atom. The summed E-state index contributed by atoms with van der Waals surface area (Å²) >= 11 is 1.48. The van der Waals surface area contributed by atoms with Crippen LogP contribution in [0.25, 0.3) is 0 Å². The van der Waals surface area contributed by atoms with E-state index >= 15 is 0 Å². The van der Waals surface area contributed by atoms with Gasteiger partial charge in [0.05, 0.1) is 17.9 Å². The smallest absolute Gasteiger partial charge is 0.373 e. The van der Waals surface area contributed by atoms with Gasteiger partial charge in [-0.3, -0.25) is 0 Å². The lowest BCUT2D eigenvalue weighted by molar-refractivity contribution is 0.0563. The van der Waals surface area contributed by atoms with Crippen LogP contribution in [0.1, 0.15) is 57.3 Å². The van der Waals surface area contributed by atoms with E-state index in [1.807, 2.05) is 13.8 Å². The molecule has 0 unspecified atom stereocenters. The molecular weight excluding hydrogens is 324 g/mol. The van der Waals surface area contributed by atoms with E-state index in [1.54, 1.807) is 12.1 Å². The van der Waals surface area contributed by atoms with Crippen molar-refractivity contribution in [3.63, 3.8) is 0 Å². The molecule has 124 valence electrons. The maximum Gasteiger partial charge on any atom is 0.373 e. The van der Waals surface area contributed by atoms with Crippen molar-refractivity contribution in [3.05, 3.63) is 46.0 Å². The molecule has 0 fully saturated rings. The van der Waals surface area contributed by atoms with Crippen LogP contribution >= 0.6 is 11.8 Å². The van der Waals surface area contributed by atoms with Gasteiger partial charge in [0.2, 0.25) is 5.76 Å². The number of methoxy groups -OCH3 is 1. The molecule has 0 spiro atoms. The molecule has 3 rings (SSSR count). The maximum absolute atomic E-state index is 11.5. The summed E-state index contributed by atoms with van der Waals surface area (Å²) in [5, 5.41) is 10.2. The molecule has 2 aromatic rings. The number of hydrogen-bond acceptors (Lipinski definition) is 6. The van der Waals surface area contributed by atoms with E-state index in [4.69, 9.17) is 9.40 Å². The molecular formula is C18H18N2O3S. The zero-order valence-electron chi connectivity index (χ0n) is 13.9. The van der Waals surface area contributed by atoms with Gasteiger partial charge in [-0.2, -0.15) is 5.26 Å². The molecule has 0 saturated carbocycles. The first-order valence-corrected chi connectivity index (χ1v) is 8.70. The van der Waals surface area contributed by atoms with Crippen LogP contribution in [-0.2, 0) is 17.6 Å². The van der Waals surface area contributed by atoms with E-state index in [9.17, 15) is 10.1 Å². The van der Waals surface area contributed by atoms with Crippen molar-refractivity contribution in [1.29, 1.82) is 5.26 Å². The lowest BCUT2D eigenvalue weighted by Gasteiger charge is -2.13. The van der Waals surface area contributed by atoms with Gasteiger partial charge < -0.3 is 9.15 Å². The maximum atomic E-state index is 11.5. The van der Waals surface area contributed by atoms with Crippen LogP contribution < -0.4 is 0 Å². The molecule has 0 N–H and O–H groups in total. The number of fused-ring (bicyclic) bond motifs is 1. The summed E-state index contributed by atoms with van der Waals surface area (Å²) < 4.78 is 10.2. The fourth-order valence-corrected chi connectivity index (χ4v) is 4.03. The van der Waals surface area contributed by atoms with Gasteiger partial charge in [0.25, 0.3) is 0 Å². The van der Waals surface area contributed by atoms with Gasteiger partial charge in [0.15, 0.2) is 0 Å². The Balaban J connectivity index is 1.88. The van der Waals surface area contributed by atoms with Gasteiger partial charge in [0, 0.05) is 5.69 Å². The van der Waals surface area contributed by atoms with Crippen LogP contribution in [0.3, 0.4) is 0 Å². The Morgan fingerprint density at radius 3 is 2.96 bits per heavy atom. The highest BCUT2D eigenvalue weighted by atomic mass is 32.2. The molecule has 1 atom stereocenters. The molecule has 2 heterocycles. The van der Waals surface area contributed by atoms with Crippen LogP contribution in [0.15, 0.2) is 21.6 Å². The number of esters is 1. The highest BCUT2D eigenvalue weighted by molar-refractivity contribution is 7.99. The zero-order valence-corrected chi connectivity index (χ0v) is 14.7. The summed E-state index contributed by atoms with van der Waals surface area (Å²) in [7, 11) is 1.32. The minimum Gasteiger partial charge on any atom is -0.463 e. The molecule has 0 aliphatic heterocycles. The number of thioether (sulfide) groups is 1. The highest BCUT2D eigenvalue weighted by Crippen LogP contribution is 2.39. The second-order valence-corrected chi connectivity index (χ2v) is 7.09. The van der Waals surface area contributed by atoms with Gasteiger partial charge >= 0.3 is 5.97 Å². The number of ether oxygens (including phenoxy) is 1. The van der Waals surface area contributed by atoms with E-state index in [1.165, 1.54) is 24.4 Å². The average molecular weight is 342 g/mol. The molecule has 0 aromatic carbocycles. The van der Waals surface area contributed by atoms with Crippen molar-refractivity contribution < 1.29 is 13.9 Å². The van der Waals surface area contributed by atoms with Gasteiger partial charge in [-0.05, 0) is 56.4 Å². The number of aryl methyl sites for hydroxylation is 1. The predicted molar refractivity (Wildman–Crippen MR) is 90.0 cm³/mol. The predicted octanol–water partition coefficient (Wildman–Crippen LogP) is 3.98. The second kappa shape index (κ2) is 6.70. The van der Waals surface area contributed by atoms with Crippen molar-refractivity contribution >= 4 is 17.7 Å². The Morgan fingerprint density at radius 1 is 1.46 bits per heavy atom. The Hall–Kier alpha value is -2.26. The number of rotatable bonds is 4. The van der Waals surface area contributed by atoms with Crippen molar-refractivity contribution in [3.8, 4) is 6.07 Å². The minimum absolute atomic E-state index is 0.0677. The van der Waals surface area contributed by atoms with Crippen molar-refractivity contribution in [1.82, 2.24) is 4.98 Å². The fourth-order valence-electron chi connectivity index (χ4n) is 2.97. The molecule has 6 heteroatoms. The summed E-state index contributed by atoms with van der Waals surface area (Å²) in [5.74, 6) is 0.338. The van der Waals surface area contributed by atoms with Gasteiger partial charge in [0.1, 0.15) is 16.9 Å². The summed E-state index contributed by atoms with van der Waals surface area (Å²) in [6.07, 6.45) is 3.07. The number of aromatic nitrogens is 1. The number of furan rings is 1. The summed E-state index contributed by atoms with van der Waals surface area (Å²) in [4.78, 5) is 16.2. The number of nitrogens with zero attached hydrogens (tertiary/aromatic N) is 2. The highest BCUT2D eigenvalue weighted by Gasteiger charge is 2.23. The first-order chi connectivity index (χ1) is 11.5. The standard InChI is InChI=1S/C18H18N2O3S/c1-10-12-5-4-6-14(12)20-17(13(10)9-19)24-11(2)15-7-8-16(23-15)18(21)22-3/h7-8,11H,4-6H2,1-3H3/t11-/m0/s1. The normalized spacial score (nSPS) is 14.1. The van der Waals surface area contributed by atoms with Gasteiger partial charge in [-0.15, -0.1) is 0 Å². The molecule has 0 saturated heterocycles. The molecule has 24 heavy (non-hydrogen) atoms. The van der Waals surface area contributed by atoms with Gasteiger partial charge in [-0.25, -0.2) is 9.78 Å². The largest absolute Gasteiger partial charge is 0.463 e. The lowest BCUT2D eigenvalue weighted by Crippen LogP contribution is -2.01. The van der Waals surface area contributed by atoms with E-state index in [0.29, 0.717) is 11.3 Å². The van der Waals surface area contributed by atoms with E-state index in [0.717, 1.165) is 35.5 Å². The zero-order chi connectivity index (χ0) is 17.3. The summed E-state index contributed by atoms with van der Waals surface area (Å²) in [6.45, 7) is 3.97. The van der Waals surface area contributed by atoms with E-state index < -0.39 is 5.97 Å². The van der Waals surface area contributed by atoms with Gasteiger partial charge in [-0.1, -0.05) is 11.8 Å². The fraction of sp³-hybridized carbons (Fsp3) is 0.389. The van der Waals surface area contributed by atoms with Crippen LogP contribution in [0.4, 0.5) is 0 Å². The minimum atomic E-state index is -0.498. The molecule has 0 amide bonds. The Labute approximate surface area is 145 Å². The SMILES string of the molecule is COC(=O)c1ccc([C@H](C)Sc2nc3c(c(C)c2C#N)CCC3)o1. The van der Waals surface area contributed by atoms with Crippen LogP contribution in [0, 0.1) is 18.3 Å². The van der Waals surface area contributed by atoms with Crippen LogP contribution in [-0.4, -0.2) is 18.1 Å². The molecule has 1 aliphatic carbocycles. The molecule has 1 aliphatic rings. The lowest BCUT2D eigenvalue weighted by atomic mass is 10.0. The second-order valence-electron chi connectivity index (χ2n) is 5.76. The van der Waals surface area contributed by atoms with Crippen molar-refractivity contribution in [2.45, 2.75) is 43.4 Å². The van der Waals surface area contributed by atoms with E-state index in [-0.39, 0.29) is 11.0 Å². The number of carbonyl (C=O) groups is 1. The Kier molecular flexibility index (Phi) is 4.63. The quantitative estimate of drug-likeness (QED) is 0.618. The topological polar surface area (TPSA) is 76.1 Å². The third kappa shape index (κ3) is 2.92. The average Bonchev–Trinajstić information content (AvgIpc) is 3.23. The van der Waals surface area contributed by atoms with Crippen molar-refractivity contribution in [2.24, 2.45) is 0 Å². The van der Waals surface area contributed by atoms with E-state index in [2.05, 4.69) is 10.8 Å². The first-order valence-electron chi connectivity index (χ1n) is 7.82. The van der Waals surface area contributed by atoms with Crippen LogP contribution in [0.2, 0.25) is 0 Å². The van der Waals surface area contributed by atoms with Crippen LogP contribution in [0.5, 0.6) is 0 Å². The third-order valence-corrected chi connectivity index (χ3v) is 5.39. The number of hydrogen-bond donors (Lipinski definition) is 0. The molecule has 2 aromatic heterocycles.